The van der Waals surface area contributed by atoms with Crippen molar-refractivity contribution in [1.29, 1.82) is 0 Å². The maximum atomic E-state index is 11.9. The van der Waals surface area contributed by atoms with E-state index in [1.54, 1.807) is 18.2 Å². The molecule has 1 rings (SSSR count). The molecule has 0 saturated carbocycles. The summed E-state index contributed by atoms with van der Waals surface area (Å²) in [6.45, 7) is 6.19. The quantitative estimate of drug-likeness (QED) is 0.864. The molecule has 0 fully saturated rings. The Labute approximate surface area is 113 Å². The summed E-state index contributed by atoms with van der Waals surface area (Å²) in [7, 11) is 0. The number of aliphatic hydroxyl groups is 1. The first-order valence-corrected chi connectivity index (χ1v) is 6.50. The second kappa shape index (κ2) is 6.76. The number of aliphatic hydroxyl groups excluding tert-OH is 1. The van der Waals surface area contributed by atoms with E-state index in [1.807, 2.05) is 20.8 Å². The van der Waals surface area contributed by atoms with Crippen LogP contribution in [0, 0.1) is 12.8 Å². The lowest BCUT2D eigenvalue weighted by atomic mass is 10.1. The van der Waals surface area contributed by atoms with Crippen LogP contribution in [0.15, 0.2) is 18.2 Å². The van der Waals surface area contributed by atoms with Crippen LogP contribution in [0.1, 0.15) is 36.2 Å². The van der Waals surface area contributed by atoms with E-state index in [1.165, 1.54) is 0 Å². The number of halogens is 1. The van der Waals surface area contributed by atoms with Gasteiger partial charge in [0.25, 0.3) is 5.91 Å². The predicted octanol–water partition coefficient (Wildman–Crippen LogP) is 2.79. The third-order valence-electron chi connectivity index (χ3n) is 2.67. The van der Waals surface area contributed by atoms with E-state index >= 15 is 0 Å². The normalized spacial score (nSPS) is 12.6. The van der Waals surface area contributed by atoms with Crippen molar-refractivity contribution in [3.63, 3.8) is 0 Å². The largest absolute Gasteiger partial charge is 0.391 e. The molecule has 1 aromatic carbocycles. The minimum absolute atomic E-state index is 0.174. The van der Waals surface area contributed by atoms with Gasteiger partial charge in [-0.25, -0.2) is 0 Å². The average molecular weight is 270 g/mol. The van der Waals surface area contributed by atoms with Gasteiger partial charge in [-0.2, -0.15) is 0 Å². The number of carbonyl (C=O) groups is 1. The van der Waals surface area contributed by atoms with Crippen molar-refractivity contribution in [3.8, 4) is 0 Å². The SMILES string of the molecule is Cc1cc(Cl)ccc1C(=O)NCC(O)CC(C)C. The molecule has 18 heavy (non-hydrogen) atoms. The maximum absolute atomic E-state index is 11.9. The highest BCUT2D eigenvalue weighted by molar-refractivity contribution is 6.30. The summed E-state index contributed by atoms with van der Waals surface area (Å²) in [6, 6.07) is 5.14. The molecule has 0 aliphatic heterocycles. The van der Waals surface area contributed by atoms with E-state index in [-0.39, 0.29) is 12.5 Å². The van der Waals surface area contributed by atoms with Gasteiger partial charge in [-0.1, -0.05) is 25.4 Å². The number of hydrogen-bond donors (Lipinski definition) is 2. The molecule has 0 saturated heterocycles. The van der Waals surface area contributed by atoms with E-state index in [4.69, 9.17) is 11.6 Å². The number of carbonyl (C=O) groups excluding carboxylic acids is 1. The minimum atomic E-state index is -0.499. The van der Waals surface area contributed by atoms with Crippen LogP contribution >= 0.6 is 11.6 Å². The van der Waals surface area contributed by atoms with Gasteiger partial charge in [0.2, 0.25) is 0 Å². The Morgan fingerprint density at radius 2 is 2.11 bits per heavy atom. The van der Waals surface area contributed by atoms with Crippen molar-refractivity contribution in [3.05, 3.63) is 34.3 Å². The smallest absolute Gasteiger partial charge is 0.251 e. The van der Waals surface area contributed by atoms with Crippen LogP contribution in [-0.2, 0) is 0 Å². The van der Waals surface area contributed by atoms with Gasteiger partial charge >= 0.3 is 0 Å². The molecule has 4 heteroatoms. The highest BCUT2D eigenvalue weighted by atomic mass is 35.5. The Kier molecular flexibility index (Phi) is 5.63. The van der Waals surface area contributed by atoms with Crippen LogP contribution in [0.25, 0.3) is 0 Å². The van der Waals surface area contributed by atoms with E-state index < -0.39 is 6.10 Å². The minimum Gasteiger partial charge on any atom is -0.391 e. The zero-order valence-corrected chi connectivity index (χ0v) is 11.8. The number of benzene rings is 1. The highest BCUT2D eigenvalue weighted by Crippen LogP contribution is 2.15. The molecule has 2 N–H and O–H groups in total. The van der Waals surface area contributed by atoms with Gasteiger partial charge < -0.3 is 10.4 Å². The zero-order chi connectivity index (χ0) is 13.7. The Bertz CT molecular complexity index is 418. The lowest BCUT2D eigenvalue weighted by Crippen LogP contribution is -2.33. The van der Waals surface area contributed by atoms with Crippen LogP contribution in [0.5, 0.6) is 0 Å². The molecular formula is C14H20ClNO2. The molecule has 0 aromatic heterocycles. The summed E-state index contributed by atoms with van der Waals surface area (Å²) in [5, 5.41) is 13.0. The van der Waals surface area contributed by atoms with Crippen molar-refractivity contribution in [1.82, 2.24) is 5.32 Å². The van der Waals surface area contributed by atoms with Crippen LogP contribution in [0.3, 0.4) is 0 Å². The summed E-state index contributed by atoms with van der Waals surface area (Å²) >= 11 is 5.83. The van der Waals surface area contributed by atoms with Crippen LogP contribution in [0.2, 0.25) is 5.02 Å². The first-order valence-electron chi connectivity index (χ1n) is 6.12. The first kappa shape index (κ1) is 15.0. The number of nitrogens with one attached hydrogen (secondary N) is 1. The van der Waals surface area contributed by atoms with Crippen LogP contribution in [0.4, 0.5) is 0 Å². The fourth-order valence-corrected chi connectivity index (χ4v) is 2.04. The molecule has 1 aromatic rings. The van der Waals surface area contributed by atoms with Gasteiger partial charge in [0.05, 0.1) is 6.10 Å². The van der Waals surface area contributed by atoms with E-state index in [0.717, 1.165) is 5.56 Å². The molecule has 0 spiro atoms. The maximum Gasteiger partial charge on any atom is 0.251 e. The molecule has 3 nitrogen and oxygen atoms in total. The fourth-order valence-electron chi connectivity index (χ4n) is 1.82. The van der Waals surface area contributed by atoms with Crippen LogP contribution < -0.4 is 5.32 Å². The molecule has 1 atom stereocenters. The van der Waals surface area contributed by atoms with Gasteiger partial charge in [-0.05, 0) is 43.0 Å². The van der Waals surface area contributed by atoms with Gasteiger partial charge in [-0.3, -0.25) is 4.79 Å². The Hall–Kier alpha value is -1.06. The number of rotatable bonds is 5. The number of amides is 1. The lowest BCUT2D eigenvalue weighted by molar-refractivity contribution is 0.0899. The second-order valence-corrected chi connectivity index (χ2v) is 5.39. The summed E-state index contributed by atoms with van der Waals surface area (Å²) in [4.78, 5) is 11.9. The molecular weight excluding hydrogens is 250 g/mol. The summed E-state index contributed by atoms with van der Waals surface area (Å²) in [5.41, 5.74) is 1.43. The van der Waals surface area contributed by atoms with Gasteiger partial charge in [0.1, 0.15) is 0 Å². The van der Waals surface area contributed by atoms with E-state index in [0.29, 0.717) is 22.9 Å². The summed E-state index contributed by atoms with van der Waals surface area (Å²) < 4.78 is 0. The molecule has 1 unspecified atom stereocenters. The molecule has 0 bridgehead atoms. The first-order chi connectivity index (χ1) is 8.40. The molecule has 0 heterocycles. The Morgan fingerprint density at radius 1 is 1.44 bits per heavy atom. The highest BCUT2D eigenvalue weighted by Gasteiger charge is 2.12. The summed E-state index contributed by atoms with van der Waals surface area (Å²) in [5.74, 6) is 0.237. The van der Waals surface area contributed by atoms with Crippen molar-refractivity contribution in [2.45, 2.75) is 33.3 Å². The molecule has 0 aliphatic rings. The zero-order valence-electron chi connectivity index (χ0n) is 11.0. The van der Waals surface area contributed by atoms with Crippen LogP contribution in [-0.4, -0.2) is 23.7 Å². The molecule has 0 aliphatic carbocycles. The Balaban J connectivity index is 2.55. The molecule has 0 radical (unpaired) electrons. The van der Waals surface area contributed by atoms with Crippen molar-refractivity contribution < 1.29 is 9.90 Å². The van der Waals surface area contributed by atoms with E-state index in [2.05, 4.69) is 5.32 Å². The van der Waals surface area contributed by atoms with E-state index in [9.17, 15) is 9.90 Å². The second-order valence-electron chi connectivity index (χ2n) is 4.95. The topological polar surface area (TPSA) is 49.3 Å². The average Bonchev–Trinajstić information content (AvgIpc) is 2.25. The van der Waals surface area contributed by atoms with Gasteiger partial charge in [-0.15, -0.1) is 0 Å². The fraction of sp³-hybridized carbons (Fsp3) is 0.500. The van der Waals surface area contributed by atoms with Crippen molar-refractivity contribution in [2.75, 3.05) is 6.54 Å². The predicted molar refractivity (Wildman–Crippen MR) is 74.0 cm³/mol. The Morgan fingerprint density at radius 3 is 2.67 bits per heavy atom. The van der Waals surface area contributed by atoms with Gasteiger partial charge in [0, 0.05) is 17.1 Å². The van der Waals surface area contributed by atoms with Crippen molar-refractivity contribution in [2.24, 2.45) is 5.92 Å². The number of aryl methyl sites for hydroxylation is 1. The standard InChI is InChI=1S/C14H20ClNO2/c1-9(2)6-12(17)8-16-14(18)13-5-4-11(15)7-10(13)3/h4-5,7,9,12,17H,6,8H2,1-3H3,(H,16,18). The van der Waals surface area contributed by atoms with Gasteiger partial charge in [0.15, 0.2) is 0 Å². The molecule has 100 valence electrons. The van der Waals surface area contributed by atoms with Crippen molar-refractivity contribution >= 4 is 17.5 Å². The summed E-state index contributed by atoms with van der Waals surface area (Å²) in [6.07, 6.45) is 0.182. The third-order valence-corrected chi connectivity index (χ3v) is 2.91. The number of hydrogen-bond acceptors (Lipinski definition) is 2. The molecule has 1 amide bonds. The lowest BCUT2D eigenvalue weighted by Gasteiger charge is -2.14. The third kappa shape index (κ3) is 4.67. The monoisotopic (exact) mass is 269 g/mol.